The van der Waals surface area contributed by atoms with Crippen molar-refractivity contribution >= 4 is 39.9 Å². The van der Waals surface area contributed by atoms with Crippen LogP contribution in [-0.4, -0.2) is 34.1 Å². The van der Waals surface area contributed by atoms with Crippen LogP contribution in [0.5, 0.6) is 0 Å². The summed E-state index contributed by atoms with van der Waals surface area (Å²) in [6, 6.07) is 13.8. The van der Waals surface area contributed by atoms with Gasteiger partial charge in [0, 0.05) is 28.9 Å². The lowest BCUT2D eigenvalue weighted by Gasteiger charge is -2.24. The fourth-order valence-electron chi connectivity index (χ4n) is 3.95. The summed E-state index contributed by atoms with van der Waals surface area (Å²) in [5, 5.41) is 13.0. The average molecular weight is 475 g/mol. The number of amides is 2. The first kappa shape index (κ1) is 23.4. The van der Waals surface area contributed by atoms with Crippen molar-refractivity contribution in [3.63, 3.8) is 0 Å². The number of rotatable bonds is 6. The molecule has 0 unspecified atom stereocenters. The van der Waals surface area contributed by atoms with Crippen molar-refractivity contribution in [2.24, 2.45) is 11.7 Å². The van der Waals surface area contributed by atoms with Crippen molar-refractivity contribution in [1.29, 1.82) is 0 Å². The van der Waals surface area contributed by atoms with Crippen molar-refractivity contribution in [2.45, 2.75) is 27.2 Å². The van der Waals surface area contributed by atoms with Crippen molar-refractivity contribution in [3.05, 3.63) is 64.8 Å². The van der Waals surface area contributed by atoms with E-state index in [1.54, 1.807) is 12.4 Å². The predicted octanol–water partition coefficient (Wildman–Crippen LogP) is 5.75. The molecule has 3 N–H and O–H groups in total. The molecular formula is C26H26N4O3S. The van der Waals surface area contributed by atoms with Gasteiger partial charge < -0.3 is 10.8 Å². The van der Waals surface area contributed by atoms with E-state index in [1.807, 2.05) is 49.4 Å². The monoisotopic (exact) mass is 474 g/mol. The van der Waals surface area contributed by atoms with Gasteiger partial charge in [-0.05, 0) is 43.0 Å². The predicted molar refractivity (Wildman–Crippen MR) is 137 cm³/mol. The molecule has 4 aromatic rings. The summed E-state index contributed by atoms with van der Waals surface area (Å²) in [6.07, 6.45) is -0.417. The van der Waals surface area contributed by atoms with Crippen LogP contribution in [0.25, 0.3) is 32.6 Å². The van der Waals surface area contributed by atoms with Crippen LogP contribution in [0, 0.1) is 12.8 Å². The van der Waals surface area contributed by atoms with Gasteiger partial charge in [-0.1, -0.05) is 43.7 Å². The Balaban J connectivity index is 2.06. The van der Waals surface area contributed by atoms with E-state index >= 15 is 0 Å². The van der Waals surface area contributed by atoms with Crippen LogP contribution in [-0.2, 0) is 6.42 Å². The minimum atomic E-state index is -1.05. The molecule has 2 amide bonds. The van der Waals surface area contributed by atoms with Gasteiger partial charge in [-0.15, -0.1) is 11.3 Å². The highest BCUT2D eigenvalue weighted by molar-refractivity contribution is 7.13. The number of hydrogen-bond acceptors (Lipinski definition) is 5. The molecule has 0 bridgehead atoms. The Morgan fingerprint density at radius 2 is 1.76 bits per heavy atom. The van der Waals surface area contributed by atoms with Crippen LogP contribution in [0.3, 0.4) is 0 Å². The lowest BCUT2D eigenvalue weighted by Crippen LogP contribution is -2.26. The second kappa shape index (κ2) is 9.23. The fraction of sp³-hybridized carbons (Fsp3) is 0.231. The summed E-state index contributed by atoms with van der Waals surface area (Å²) in [5.41, 5.74) is 11.3. The summed E-state index contributed by atoms with van der Waals surface area (Å²) < 4.78 is 0. The normalized spacial score (nSPS) is 11.2. The number of nitrogens with two attached hydrogens (primary N) is 1. The number of benzene rings is 2. The minimum absolute atomic E-state index is 0.218. The number of thiazole rings is 1. The fourth-order valence-corrected chi connectivity index (χ4v) is 4.76. The maximum absolute atomic E-state index is 12.1. The highest BCUT2D eigenvalue weighted by atomic mass is 32.1. The van der Waals surface area contributed by atoms with Gasteiger partial charge >= 0.3 is 6.09 Å². The molecule has 2 aromatic heterocycles. The second-order valence-corrected chi connectivity index (χ2v) is 9.58. The highest BCUT2D eigenvalue weighted by Gasteiger charge is 2.24. The molecule has 174 valence electrons. The molecule has 0 radical (unpaired) electrons. The largest absolute Gasteiger partial charge is 0.465 e. The number of fused-ring (bicyclic) bond motifs is 1. The summed E-state index contributed by atoms with van der Waals surface area (Å²) in [5.74, 6) is -0.285. The highest BCUT2D eigenvalue weighted by Crippen LogP contribution is 2.41. The molecular weight excluding hydrogens is 448 g/mol. The first-order valence-electron chi connectivity index (χ1n) is 10.9. The lowest BCUT2D eigenvalue weighted by molar-refractivity contribution is 0.0996. The van der Waals surface area contributed by atoms with E-state index in [4.69, 9.17) is 10.7 Å². The lowest BCUT2D eigenvalue weighted by atomic mass is 9.93. The van der Waals surface area contributed by atoms with Crippen molar-refractivity contribution in [1.82, 2.24) is 9.97 Å². The van der Waals surface area contributed by atoms with E-state index < -0.39 is 12.0 Å². The molecule has 0 aliphatic heterocycles. The molecule has 0 atom stereocenters. The van der Waals surface area contributed by atoms with E-state index in [-0.39, 0.29) is 5.69 Å². The van der Waals surface area contributed by atoms with Crippen LogP contribution in [0.1, 0.15) is 35.6 Å². The van der Waals surface area contributed by atoms with Crippen LogP contribution in [0.15, 0.2) is 47.8 Å². The number of aromatic nitrogens is 2. The standard InChI is InChI=1S/C26H26N4O3S/c1-14(2)11-20-23(30(4)26(32)33)22(16-7-5-15(3)6-8-16)18-12-17(9-10-19(18)28-20)25-29-21(13-34-25)24(27)31/h5-10,12-14H,11H2,1-4H3,(H2,27,31)(H,32,33). The third-order valence-corrected chi connectivity index (χ3v) is 6.49. The molecule has 0 fully saturated rings. The molecule has 4 rings (SSSR count). The summed E-state index contributed by atoms with van der Waals surface area (Å²) >= 11 is 1.33. The molecule has 2 aromatic carbocycles. The second-order valence-electron chi connectivity index (χ2n) is 8.72. The first-order valence-corrected chi connectivity index (χ1v) is 11.8. The van der Waals surface area contributed by atoms with E-state index in [0.29, 0.717) is 23.0 Å². The topological polar surface area (TPSA) is 109 Å². The van der Waals surface area contributed by atoms with E-state index in [1.165, 1.54) is 16.2 Å². The van der Waals surface area contributed by atoms with Crippen LogP contribution in [0.4, 0.5) is 10.5 Å². The first-order chi connectivity index (χ1) is 16.2. The Bertz CT molecular complexity index is 1390. The zero-order valence-electron chi connectivity index (χ0n) is 19.5. The van der Waals surface area contributed by atoms with Gasteiger partial charge in [-0.2, -0.15) is 0 Å². The maximum Gasteiger partial charge on any atom is 0.411 e. The number of primary amides is 1. The summed E-state index contributed by atoms with van der Waals surface area (Å²) in [6.45, 7) is 6.19. The number of carbonyl (C=O) groups excluding carboxylic acids is 1. The Morgan fingerprint density at radius 3 is 2.35 bits per heavy atom. The van der Waals surface area contributed by atoms with Gasteiger partial charge in [0.1, 0.15) is 10.7 Å². The molecule has 2 heterocycles. The van der Waals surface area contributed by atoms with Crippen molar-refractivity contribution < 1.29 is 14.7 Å². The van der Waals surface area contributed by atoms with Crippen molar-refractivity contribution in [2.75, 3.05) is 11.9 Å². The zero-order chi connectivity index (χ0) is 24.6. The van der Waals surface area contributed by atoms with Crippen LogP contribution in [0.2, 0.25) is 0 Å². The van der Waals surface area contributed by atoms with Gasteiger partial charge in [0.15, 0.2) is 0 Å². The van der Waals surface area contributed by atoms with Crippen LogP contribution >= 0.6 is 11.3 Å². The molecule has 0 aliphatic carbocycles. The number of anilines is 1. The molecule has 0 saturated carbocycles. The number of pyridine rings is 1. The SMILES string of the molecule is Cc1ccc(-c2c(N(C)C(=O)O)c(CC(C)C)nc3ccc(-c4nc(C(N)=O)cs4)cc23)cc1. The average Bonchev–Trinajstić information content (AvgIpc) is 3.28. The van der Waals surface area contributed by atoms with Crippen LogP contribution < -0.4 is 10.6 Å². The van der Waals surface area contributed by atoms with Gasteiger partial charge in [0.05, 0.1) is 16.9 Å². The Kier molecular flexibility index (Phi) is 6.34. The Labute approximate surface area is 201 Å². The molecule has 34 heavy (non-hydrogen) atoms. The van der Waals surface area contributed by atoms with E-state index in [9.17, 15) is 14.7 Å². The van der Waals surface area contributed by atoms with Gasteiger partial charge in [-0.25, -0.2) is 9.78 Å². The van der Waals surface area contributed by atoms with Gasteiger partial charge in [0.25, 0.3) is 5.91 Å². The van der Waals surface area contributed by atoms with Gasteiger partial charge in [-0.3, -0.25) is 14.7 Å². The van der Waals surface area contributed by atoms with E-state index in [2.05, 4.69) is 18.8 Å². The minimum Gasteiger partial charge on any atom is -0.465 e. The molecule has 0 saturated heterocycles. The quantitative estimate of drug-likeness (QED) is 0.370. The third kappa shape index (κ3) is 4.49. The number of carboxylic acid groups (broad SMARTS) is 1. The maximum atomic E-state index is 12.1. The Hall–Kier alpha value is -3.78. The number of carbonyl (C=O) groups is 2. The van der Waals surface area contributed by atoms with Crippen molar-refractivity contribution in [3.8, 4) is 21.7 Å². The number of nitrogens with zero attached hydrogens (tertiary/aromatic N) is 3. The third-order valence-electron chi connectivity index (χ3n) is 5.60. The zero-order valence-corrected chi connectivity index (χ0v) is 20.3. The molecule has 7 nitrogen and oxygen atoms in total. The Morgan fingerprint density at radius 1 is 1.09 bits per heavy atom. The van der Waals surface area contributed by atoms with Gasteiger partial charge in [0.2, 0.25) is 0 Å². The molecule has 0 aliphatic rings. The smallest absolute Gasteiger partial charge is 0.411 e. The number of aryl methyl sites for hydroxylation is 1. The summed E-state index contributed by atoms with van der Waals surface area (Å²) in [7, 11) is 1.55. The summed E-state index contributed by atoms with van der Waals surface area (Å²) in [4.78, 5) is 34.1. The van der Waals surface area contributed by atoms with E-state index in [0.717, 1.165) is 38.9 Å². The molecule has 0 spiro atoms. The number of hydrogen-bond donors (Lipinski definition) is 2. The molecule has 8 heteroatoms.